The van der Waals surface area contributed by atoms with Crippen molar-refractivity contribution in [2.45, 2.75) is 31.5 Å². The van der Waals surface area contributed by atoms with E-state index in [4.69, 9.17) is 0 Å². The summed E-state index contributed by atoms with van der Waals surface area (Å²) in [6.45, 7) is 0. The maximum atomic E-state index is 9.34. The molecule has 2 bridgehead atoms. The van der Waals surface area contributed by atoms with Crippen molar-refractivity contribution in [3.63, 3.8) is 0 Å². The molecule has 2 N–H and O–H groups in total. The fourth-order valence-electron chi connectivity index (χ4n) is 2.26. The molecule has 0 spiro atoms. The molecule has 2 heteroatoms. The average molecular weight is 128 g/mol. The molecule has 0 aromatic rings. The lowest BCUT2D eigenvalue weighted by Gasteiger charge is -2.13. The van der Waals surface area contributed by atoms with Gasteiger partial charge in [-0.25, -0.2) is 0 Å². The zero-order valence-corrected chi connectivity index (χ0v) is 5.33. The van der Waals surface area contributed by atoms with E-state index in [-0.39, 0.29) is 18.1 Å². The van der Waals surface area contributed by atoms with Crippen LogP contribution < -0.4 is 0 Å². The molecular formula is C7H12O2. The molecule has 0 aliphatic heterocycles. The number of aliphatic hydroxyl groups excluding tert-OH is 2. The summed E-state index contributed by atoms with van der Waals surface area (Å²) in [6, 6.07) is 0. The van der Waals surface area contributed by atoms with Crippen LogP contribution in [0, 0.1) is 11.8 Å². The molecule has 0 saturated heterocycles. The second-order valence-corrected chi connectivity index (χ2v) is 3.29. The number of rotatable bonds is 0. The maximum absolute atomic E-state index is 9.34. The van der Waals surface area contributed by atoms with Crippen LogP contribution in [0.5, 0.6) is 0 Å². The molecule has 2 aliphatic rings. The van der Waals surface area contributed by atoms with E-state index in [9.17, 15) is 10.2 Å². The van der Waals surface area contributed by atoms with Crippen LogP contribution in [0.25, 0.3) is 0 Å². The molecule has 0 radical (unpaired) electrons. The van der Waals surface area contributed by atoms with Gasteiger partial charge in [-0.15, -0.1) is 0 Å². The Balaban J connectivity index is 2.16. The molecule has 2 rings (SSSR count). The van der Waals surface area contributed by atoms with Crippen LogP contribution >= 0.6 is 0 Å². The lowest BCUT2D eigenvalue weighted by molar-refractivity contribution is 0.0738. The molecule has 0 heterocycles. The molecule has 0 amide bonds. The van der Waals surface area contributed by atoms with Crippen LogP contribution in [0.15, 0.2) is 0 Å². The highest BCUT2D eigenvalue weighted by molar-refractivity contribution is 4.96. The predicted octanol–water partition coefficient (Wildman–Crippen LogP) is 0.138. The summed E-state index contributed by atoms with van der Waals surface area (Å²) in [6.07, 6.45) is 2.63. The molecule has 4 atom stereocenters. The first-order chi connectivity index (χ1) is 4.29. The van der Waals surface area contributed by atoms with E-state index in [1.54, 1.807) is 0 Å². The van der Waals surface area contributed by atoms with Gasteiger partial charge in [-0.05, 0) is 25.2 Å². The highest BCUT2D eigenvalue weighted by Gasteiger charge is 2.46. The summed E-state index contributed by atoms with van der Waals surface area (Å²) < 4.78 is 0. The summed E-state index contributed by atoms with van der Waals surface area (Å²) in [7, 11) is 0. The van der Waals surface area contributed by atoms with Crippen molar-refractivity contribution in [3.05, 3.63) is 0 Å². The number of hydrogen-bond donors (Lipinski definition) is 2. The molecule has 2 fully saturated rings. The van der Waals surface area contributed by atoms with Crippen molar-refractivity contribution in [2.75, 3.05) is 0 Å². The van der Waals surface area contributed by atoms with E-state index >= 15 is 0 Å². The van der Waals surface area contributed by atoms with E-state index in [0.29, 0.717) is 5.92 Å². The van der Waals surface area contributed by atoms with E-state index in [1.807, 2.05) is 0 Å². The topological polar surface area (TPSA) is 40.5 Å². The zero-order chi connectivity index (χ0) is 6.43. The predicted molar refractivity (Wildman–Crippen MR) is 32.8 cm³/mol. The van der Waals surface area contributed by atoms with Gasteiger partial charge in [0.25, 0.3) is 0 Å². The minimum absolute atomic E-state index is 0.181. The van der Waals surface area contributed by atoms with Crippen molar-refractivity contribution in [1.82, 2.24) is 0 Å². The van der Waals surface area contributed by atoms with Crippen molar-refractivity contribution in [1.29, 1.82) is 0 Å². The first kappa shape index (κ1) is 5.69. The molecular weight excluding hydrogens is 116 g/mol. The van der Waals surface area contributed by atoms with Gasteiger partial charge in [-0.2, -0.15) is 0 Å². The lowest BCUT2D eigenvalue weighted by atomic mass is 9.98. The summed E-state index contributed by atoms with van der Waals surface area (Å²) in [5.74, 6) is 0.639. The molecule has 52 valence electrons. The highest BCUT2D eigenvalue weighted by Crippen LogP contribution is 2.44. The quantitative estimate of drug-likeness (QED) is 0.487. The third-order valence-corrected chi connectivity index (χ3v) is 2.83. The number of fused-ring (bicyclic) bond motifs is 2. The molecule has 2 nitrogen and oxygen atoms in total. The van der Waals surface area contributed by atoms with Gasteiger partial charge in [0.1, 0.15) is 0 Å². The largest absolute Gasteiger partial charge is 0.393 e. The van der Waals surface area contributed by atoms with Gasteiger partial charge in [0.2, 0.25) is 0 Å². The summed E-state index contributed by atoms with van der Waals surface area (Å²) >= 11 is 0. The highest BCUT2D eigenvalue weighted by atomic mass is 16.3. The Hall–Kier alpha value is -0.0800. The Bertz CT molecular complexity index is 124. The Morgan fingerprint density at radius 3 is 2.11 bits per heavy atom. The van der Waals surface area contributed by atoms with Crippen LogP contribution in [-0.4, -0.2) is 22.4 Å². The van der Waals surface area contributed by atoms with Crippen LogP contribution in [-0.2, 0) is 0 Å². The Morgan fingerprint density at radius 1 is 1.11 bits per heavy atom. The first-order valence-electron chi connectivity index (χ1n) is 3.65. The SMILES string of the molecule is O[C@H]1[C@@H]2CC[C@H]1[C@H](O)C2. The number of hydrogen-bond acceptors (Lipinski definition) is 2. The minimum atomic E-state index is -0.196. The van der Waals surface area contributed by atoms with Gasteiger partial charge < -0.3 is 10.2 Å². The van der Waals surface area contributed by atoms with Gasteiger partial charge in [0.15, 0.2) is 0 Å². The number of aliphatic hydroxyl groups is 2. The molecule has 9 heavy (non-hydrogen) atoms. The van der Waals surface area contributed by atoms with Crippen molar-refractivity contribution < 1.29 is 10.2 Å². The van der Waals surface area contributed by atoms with Crippen LogP contribution in [0.3, 0.4) is 0 Å². The van der Waals surface area contributed by atoms with Crippen LogP contribution in [0.1, 0.15) is 19.3 Å². The summed E-state index contributed by atoms with van der Waals surface area (Å²) in [5, 5.41) is 18.6. The maximum Gasteiger partial charge on any atom is 0.0622 e. The summed E-state index contributed by atoms with van der Waals surface area (Å²) in [5.41, 5.74) is 0. The lowest BCUT2D eigenvalue weighted by Crippen LogP contribution is -2.19. The molecule has 0 aromatic heterocycles. The Labute approximate surface area is 54.5 Å². The van der Waals surface area contributed by atoms with E-state index in [2.05, 4.69) is 0 Å². The van der Waals surface area contributed by atoms with E-state index in [1.165, 1.54) is 0 Å². The van der Waals surface area contributed by atoms with Gasteiger partial charge >= 0.3 is 0 Å². The van der Waals surface area contributed by atoms with Crippen molar-refractivity contribution in [3.8, 4) is 0 Å². The fraction of sp³-hybridized carbons (Fsp3) is 1.00. The third kappa shape index (κ3) is 0.634. The second kappa shape index (κ2) is 1.70. The second-order valence-electron chi connectivity index (χ2n) is 3.29. The van der Waals surface area contributed by atoms with E-state index < -0.39 is 0 Å². The zero-order valence-electron chi connectivity index (χ0n) is 5.33. The molecule has 2 aliphatic carbocycles. The van der Waals surface area contributed by atoms with Gasteiger partial charge in [-0.1, -0.05) is 0 Å². The fourth-order valence-corrected chi connectivity index (χ4v) is 2.26. The third-order valence-electron chi connectivity index (χ3n) is 2.83. The Morgan fingerprint density at radius 2 is 1.89 bits per heavy atom. The minimum Gasteiger partial charge on any atom is -0.393 e. The van der Waals surface area contributed by atoms with Crippen molar-refractivity contribution in [2.24, 2.45) is 11.8 Å². The Kier molecular flexibility index (Phi) is 1.08. The molecule has 0 aromatic carbocycles. The van der Waals surface area contributed by atoms with E-state index in [0.717, 1.165) is 19.3 Å². The molecule has 0 unspecified atom stereocenters. The van der Waals surface area contributed by atoms with Gasteiger partial charge in [0.05, 0.1) is 12.2 Å². The standard InChI is InChI=1S/C7H12O2/c8-6-3-4-1-2-5(6)7(4)9/h4-9H,1-3H2/t4-,5+,6-,7+/m1/s1. The van der Waals surface area contributed by atoms with Gasteiger partial charge in [-0.3, -0.25) is 0 Å². The monoisotopic (exact) mass is 128 g/mol. The first-order valence-corrected chi connectivity index (χ1v) is 3.65. The summed E-state index contributed by atoms with van der Waals surface area (Å²) in [4.78, 5) is 0. The average Bonchev–Trinajstić information content (AvgIpc) is 2.25. The van der Waals surface area contributed by atoms with Crippen LogP contribution in [0.2, 0.25) is 0 Å². The van der Waals surface area contributed by atoms with Crippen LogP contribution in [0.4, 0.5) is 0 Å². The normalized spacial score (nSPS) is 56.7. The molecule has 2 saturated carbocycles. The van der Waals surface area contributed by atoms with Crippen molar-refractivity contribution >= 4 is 0 Å². The smallest absolute Gasteiger partial charge is 0.0622 e. The van der Waals surface area contributed by atoms with Gasteiger partial charge in [0, 0.05) is 5.92 Å².